The summed E-state index contributed by atoms with van der Waals surface area (Å²) in [6, 6.07) is 11.9. The highest BCUT2D eigenvalue weighted by atomic mass is 32.2. The maximum absolute atomic E-state index is 3.77. The van der Waals surface area contributed by atoms with E-state index in [1.54, 1.807) is 0 Å². The fourth-order valence-corrected chi connectivity index (χ4v) is 4.12. The molecule has 0 radical (unpaired) electrons. The van der Waals surface area contributed by atoms with Crippen LogP contribution in [0.3, 0.4) is 0 Å². The Labute approximate surface area is 133 Å². The van der Waals surface area contributed by atoms with Crippen molar-refractivity contribution < 1.29 is 0 Å². The van der Waals surface area contributed by atoms with Gasteiger partial charge in [-0.25, -0.2) is 0 Å². The molecule has 1 aromatic rings. The SMILES string of the molecule is CC(CNC1CC1)(CN1CCCSCC1)c1ccccc1. The lowest BCUT2D eigenvalue weighted by Crippen LogP contribution is -2.46. The topological polar surface area (TPSA) is 15.3 Å². The van der Waals surface area contributed by atoms with Crippen LogP contribution in [-0.4, -0.2) is 48.6 Å². The van der Waals surface area contributed by atoms with Crippen LogP contribution in [0, 0.1) is 0 Å². The Morgan fingerprint density at radius 3 is 2.76 bits per heavy atom. The first-order chi connectivity index (χ1) is 10.3. The lowest BCUT2D eigenvalue weighted by Gasteiger charge is -2.36. The Kier molecular flexibility index (Phi) is 5.25. The zero-order chi connectivity index (χ0) is 14.5. The summed E-state index contributed by atoms with van der Waals surface area (Å²) in [6.07, 6.45) is 4.07. The van der Waals surface area contributed by atoms with Gasteiger partial charge in [-0.15, -0.1) is 0 Å². The second-order valence-corrected chi connectivity index (χ2v) is 8.05. The summed E-state index contributed by atoms with van der Waals surface area (Å²) in [7, 11) is 0. The number of nitrogens with one attached hydrogen (secondary N) is 1. The minimum atomic E-state index is 0.221. The molecule has 2 fully saturated rings. The van der Waals surface area contributed by atoms with Crippen molar-refractivity contribution in [2.45, 2.75) is 37.6 Å². The van der Waals surface area contributed by atoms with Gasteiger partial charge in [0.05, 0.1) is 0 Å². The molecule has 1 atom stereocenters. The molecule has 2 nitrogen and oxygen atoms in total. The van der Waals surface area contributed by atoms with E-state index in [0.29, 0.717) is 0 Å². The quantitative estimate of drug-likeness (QED) is 0.869. The second-order valence-electron chi connectivity index (χ2n) is 6.82. The summed E-state index contributed by atoms with van der Waals surface area (Å²) in [4.78, 5) is 2.68. The smallest absolute Gasteiger partial charge is 0.0177 e. The van der Waals surface area contributed by atoms with Gasteiger partial charge >= 0.3 is 0 Å². The van der Waals surface area contributed by atoms with Gasteiger partial charge in [0.15, 0.2) is 0 Å². The van der Waals surface area contributed by atoms with Crippen LogP contribution in [0.2, 0.25) is 0 Å². The standard InChI is InChI=1S/C18H28N2S/c1-18(14-19-17-8-9-17,16-6-3-2-4-7-16)15-20-10-5-12-21-13-11-20/h2-4,6-7,17,19H,5,8-15H2,1H3. The van der Waals surface area contributed by atoms with E-state index in [-0.39, 0.29) is 5.41 Å². The normalized spacial score (nSPS) is 23.5. The van der Waals surface area contributed by atoms with E-state index in [1.165, 1.54) is 56.0 Å². The predicted octanol–water partition coefficient (Wildman–Crippen LogP) is 3.14. The van der Waals surface area contributed by atoms with E-state index < -0.39 is 0 Å². The molecule has 3 heteroatoms. The average molecular weight is 305 g/mol. The molecule has 116 valence electrons. The van der Waals surface area contributed by atoms with E-state index in [9.17, 15) is 0 Å². The van der Waals surface area contributed by atoms with Crippen LogP contribution < -0.4 is 5.32 Å². The summed E-state index contributed by atoms with van der Waals surface area (Å²) in [5.41, 5.74) is 1.70. The van der Waals surface area contributed by atoms with E-state index in [1.807, 2.05) is 0 Å². The molecule has 1 saturated carbocycles. The third kappa shape index (κ3) is 4.48. The predicted molar refractivity (Wildman–Crippen MR) is 93.2 cm³/mol. The summed E-state index contributed by atoms with van der Waals surface area (Å²) in [6.45, 7) is 7.23. The molecule has 0 amide bonds. The number of hydrogen-bond acceptors (Lipinski definition) is 3. The molecule has 1 unspecified atom stereocenters. The van der Waals surface area contributed by atoms with Gasteiger partial charge < -0.3 is 10.2 Å². The van der Waals surface area contributed by atoms with E-state index in [4.69, 9.17) is 0 Å². The van der Waals surface area contributed by atoms with Crippen molar-refractivity contribution in [1.82, 2.24) is 10.2 Å². The Morgan fingerprint density at radius 1 is 1.19 bits per heavy atom. The van der Waals surface area contributed by atoms with Crippen molar-refractivity contribution in [2.75, 3.05) is 37.7 Å². The number of nitrogens with zero attached hydrogens (tertiary/aromatic N) is 1. The van der Waals surface area contributed by atoms with E-state index >= 15 is 0 Å². The van der Waals surface area contributed by atoms with Crippen molar-refractivity contribution in [1.29, 1.82) is 0 Å². The molecular formula is C18H28N2S. The van der Waals surface area contributed by atoms with Gasteiger partial charge in [-0.2, -0.15) is 11.8 Å². The van der Waals surface area contributed by atoms with Crippen molar-refractivity contribution in [3.8, 4) is 0 Å². The third-order valence-corrected chi connectivity index (χ3v) is 5.77. The Morgan fingerprint density at radius 2 is 2.00 bits per heavy atom. The molecule has 0 aromatic heterocycles. The fourth-order valence-electron chi connectivity index (χ4n) is 3.20. The number of benzene rings is 1. The first-order valence-electron chi connectivity index (χ1n) is 8.35. The summed E-state index contributed by atoms with van der Waals surface area (Å²) < 4.78 is 0. The van der Waals surface area contributed by atoms with Crippen LogP contribution >= 0.6 is 11.8 Å². The highest BCUT2D eigenvalue weighted by molar-refractivity contribution is 7.99. The maximum atomic E-state index is 3.77. The van der Waals surface area contributed by atoms with Gasteiger partial charge in [-0.1, -0.05) is 37.3 Å². The van der Waals surface area contributed by atoms with Crippen LogP contribution in [0.15, 0.2) is 30.3 Å². The molecule has 2 aliphatic rings. The fraction of sp³-hybridized carbons (Fsp3) is 0.667. The molecule has 0 spiro atoms. The molecule has 0 bridgehead atoms. The Bertz CT molecular complexity index is 424. The average Bonchev–Trinajstić information content (AvgIpc) is 3.34. The van der Waals surface area contributed by atoms with Gasteiger partial charge in [-0.3, -0.25) is 0 Å². The summed E-state index contributed by atoms with van der Waals surface area (Å²) in [5.74, 6) is 2.62. The van der Waals surface area contributed by atoms with Crippen LogP contribution in [-0.2, 0) is 5.41 Å². The first-order valence-corrected chi connectivity index (χ1v) is 9.51. The van der Waals surface area contributed by atoms with Crippen molar-refractivity contribution in [3.05, 3.63) is 35.9 Å². The third-order valence-electron chi connectivity index (χ3n) is 4.72. The first kappa shape index (κ1) is 15.4. The van der Waals surface area contributed by atoms with Gasteiger partial charge in [0.2, 0.25) is 0 Å². The zero-order valence-electron chi connectivity index (χ0n) is 13.2. The molecule has 1 heterocycles. The van der Waals surface area contributed by atoms with E-state index in [0.717, 1.165) is 12.6 Å². The van der Waals surface area contributed by atoms with Gasteiger partial charge in [0.25, 0.3) is 0 Å². The van der Waals surface area contributed by atoms with Crippen molar-refractivity contribution in [2.24, 2.45) is 0 Å². The Balaban J connectivity index is 1.70. The van der Waals surface area contributed by atoms with Crippen molar-refractivity contribution in [3.63, 3.8) is 0 Å². The zero-order valence-corrected chi connectivity index (χ0v) is 14.0. The summed E-state index contributed by atoms with van der Waals surface area (Å²) >= 11 is 2.11. The molecule has 1 aromatic carbocycles. The Hall–Kier alpha value is -0.510. The molecule has 1 saturated heterocycles. The highest BCUT2D eigenvalue weighted by Gasteiger charge is 2.32. The summed E-state index contributed by atoms with van der Waals surface area (Å²) in [5, 5.41) is 3.77. The van der Waals surface area contributed by atoms with Crippen LogP contribution in [0.25, 0.3) is 0 Å². The van der Waals surface area contributed by atoms with Crippen LogP contribution in [0.5, 0.6) is 0 Å². The van der Waals surface area contributed by atoms with Gasteiger partial charge in [0, 0.05) is 36.8 Å². The maximum Gasteiger partial charge on any atom is 0.0177 e. The minimum absolute atomic E-state index is 0.221. The molecule has 1 aliphatic carbocycles. The highest BCUT2D eigenvalue weighted by Crippen LogP contribution is 2.28. The van der Waals surface area contributed by atoms with Gasteiger partial charge in [0.1, 0.15) is 0 Å². The number of thioether (sulfide) groups is 1. The molecule has 21 heavy (non-hydrogen) atoms. The largest absolute Gasteiger partial charge is 0.313 e. The monoisotopic (exact) mass is 304 g/mol. The second kappa shape index (κ2) is 7.17. The molecular weight excluding hydrogens is 276 g/mol. The molecule has 3 rings (SSSR count). The lowest BCUT2D eigenvalue weighted by atomic mass is 9.81. The van der Waals surface area contributed by atoms with Crippen LogP contribution in [0.1, 0.15) is 31.7 Å². The number of rotatable bonds is 6. The van der Waals surface area contributed by atoms with Gasteiger partial charge in [-0.05, 0) is 37.1 Å². The lowest BCUT2D eigenvalue weighted by molar-refractivity contribution is 0.224. The van der Waals surface area contributed by atoms with Crippen LogP contribution in [0.4, 0.5) is 0 Å². The van der Waals surface area contributed by atoms with E-state index in [2.05, 4.69) is 59.2 Å². The minimum Gasteiger partial charge on any atom is -0.313 e. The van der Waals surface area contributed by atoms with Crippen molar-refractivity contribution >= 4 is 11.8 Å². The number of hydrogen-bond donors (Lipinski definition) is 1. The molecule has 1 aliphatic heterocycles. The molecule has 1 N–H and O–H groups in total.